The van der Waals surface area contributed by atoms with Crippen LogP contribution in [0, 0.1) is 11.8 Å². The highest BCUT2D eigenvalue weighted by atomic mass is 32.2. The van der Waals surface area contributed by atoms with Crippen molar-refractivity contribution < 1.29 is 32.1 Å². The molecule has 1 unspecified atom stereocenters. The molecule has 1 aromatic carbocycles. The fraction of sp³-hybridized carbons (Fsp3) is 0.400. The minimum Gasteiger partial charge on any atom is -0.325 e. The van der Waals surface area contributed by atoms with Crippen LogP contribution >= 0.6 is 11.8 Å². The fourth-order valence-electron chi connectivity index (χ4n) is 3.34. The standard InChI is InChI=1S/C20H18F3N5O3S/c1-27-16-14(18(30)28(2)19(27)31)17(26-15(25-16)10-6-7-10)32-9-13(29)24-12-5-3-4-11(8-12)20(21,22)23/h3-5,8,10,14H,6-7,9H2,1-2H3/p+1. The van der Waals surface area contributed by atoms with Crippen molar-refractivity contribution >= 4 is 52.0 Å². The Kier molecular flexibility index (Phi) is 5.65. The lowest BCUT2D eigenvalue weighted by Gasteiger charge is -2.26. The largest absolute Gasteiger partial charge is 0.445 e. The maximum atomic E-state index is 12.9. The van der Waals surface area contributed by atoms with Crippen molar-refractivity contribution in [1.29, 1.82) is 0 Å². The maximum absolute atomic E-state index is 12.9. The van der Waals surface area contributed by atoms with Crippen molar-refractivity contribution in [3.05, 3.63) is 29.8 Å². The van der Waals surface area contributed by atoms with Gasteiger partial charge in [0.25, 0.3) is 5.84 Å². The number of imide groups is 1. The number of urea groups is 1. The van der Waals surface area contributed by atoms with Crippen LogP contribution in [0.25, 0.3) is 0 Å². The van der Waals surface area contributed by atoms with E-state index in [2.05, 4.69) is 15.3 Å². The molecule has 2 aliphatic heterocycles. The van der Waals surface area contributed by atoms with Crippen LogP contribution in [0.2, 0.25) is 0 Å². The molecule has 1 N–H and O–H groups in total. The van der Waals surface area contributed by atoms with Crippen molar-refractivity contribution in [2.24, 2.45) is 21.8 Å². The van der Waals surface area contributed by atoms with E-state index in [0.717, 1.165) is 41.6 Å². The molecule has 0 spiro atoms. The van der Waals surface area contributed by atoms with Crippen LogP contribution in [-0.2, 0) is 15.8 Å². The first-order valence-electron chi connectivity index (χ1n) is 9.75. The van der Waals surface area contributed by atoms with Gasteiger partial charge in [0.15, 0.2) is 5.92 Å². The second-order valence-electron chi connectivity index (χ2n) is 7.64. The van der Waals surface area contributed by atoms with E-state index in [4.69, 9.17) is 0 Å². The molecular weight excluding hydrogens is 447 g/mol. The molecule has 1 fully saturated rings. The van der Waals surface area contributed by atoms with Gasteiger partial charge in [0.2, 0.25) is 11.7 Å². The van der Waals surface area contributed by atoms with Gasteiger partial charge in [0.05, 0.1) is 25.4 Å². The Balaban J connectivity index is 1.52. The molecule has 32 heavy (non-hydrogen) atoms. The summed E-state index contributed by atoms with van der Waals surface area (Å²) in [5, 5.41) is 2.78. The van der Waals surface area contributed by atoms with Crippen LogP contribution in [0.15, 0.2) is 34.3 Å². The number of hydrogen-bond acceptors (Lipinski definition) is 6. The number of hydrogen-bond donors (Lipinski definition) is 1. The second kappa shape index (κ2) is 8.15. The van der Waals surface area contributed by atoms with E-state index in [9.17, 15) is 27.6 Å². The lowest BCUT2D eigenvalue weighted by atomic mass is 10.0. The number of anilines is 1. The number of amidine groups is 2. The van der Waals surface area contributed by atoms with Gasteiger partial charge < -0.3 is 5.32 Å². The van der Waals surface area contributed by atoms with E-state index in [1.165, 1.54) is 30.8 Å². The molecule has 4 rings (SSSR count). The summed E-state index contributed by atoms with van der Waals surface area (Å²) < 4.78 is 39.9. The zero-order chi connectivity index (χ0) is 23.2. The molecule has 0 radical (unpaired) electrons. The number of fused-ring (bicyclic) bond motifs is 1. The highest BCUT2D eigenvalue weighted by Crippen LogP contribution is 2.35. The molecule has 0 saturated heterocycles. The molecule has 1 saturated carbocycles. The molecule has 8 nitrogen and oxygen atoms in total. The van der Waals surface area contributed by atoms with Crippen molar-refractivity contribution in [2.45, 2.75) is 19.0 Å². The summed E-state index contributed by atoms with van der Waals surface area (Å²) >= 11 is 1.01. The molecule has 0 aromatic heterocycles. The summed E-state index contributed by atoms with van der Waals surface area (Å²) in [5.41, 5.74) is -0.852. The Labute approximate surface area is 185 Å². The van der Waals surface area contributed by atoms with Gasteiger partial charge in [-0.1, -0.05) is 22.8 Å². The van der Waals surface area contributed by atoms with Gasteiger partial charge in [-0.05, 0) is 31.0 Å². The number of aliphatic imine (C=N–C) groups is 2. The van der Waals surface area contributed by atoms with E-state index in [1.807, 2.05) is 0 Å². The lowest BCUT2D eigenvalue weighted by Crippen LogP contribution is -2.54. The molecular formula is C20H19F3N5O3S+. The quantitative estimate of drug-likeness (QED) is 0.691. The number of carbonyl (C=O) groups excluding carboxylic acids is 3. The van der Waals surface area contributed by atoms with Gasteiger partial charge in [-0.3, -0.25) is 9.59 Å². The van der Waals surface area contributed by atoms with Gasteiger partial charge in [-0.2, -0.15) is 22.6 Å². The van der Waals surface area contributed by atoms with Crippen LogP contribution in [0.4, 0.5) is 23.7 Å². The van der Waals surface area contributed by atoms with Crippen molar-refractivity contribution in [3.63, 3.8) is 0 Å². The first-order valence-corrected chi connectivity index (χ1v) is 10.7. The van der Waals surface area contributed by atoms with Gasteiger partial charge in [0.1, 0.15) is 5.04 Å². The molecule has 3 aliphatic rings. The normalized spacial score (nSPS) is 21.3. The first-order chi connectivity index (χ1) is 15.1. The minimum atomic E-state index is -4.52. The third-order valence-corrected chi connectivity index (χ3v) is 6.25. The Hall–Kier alpha value is -3.02. The average molecular weight is 466 g/mol. The smallest absolute Gasteiger partial charge is 0.325 e. The Morgan fingerprint density at radius 1 is 1.28 bits per heavy atom. The lowest BCUT2D eigenvalue weighted by molar-refractivity contribution is -0.407. The van der Waals surface area contributed by atoms with E-state index >= 15 is 0 Å². The molecule has 1 aromatic rings. The highest BCUT2D eigenvalue weighted by Gasteiger charge is 2.50. The van der Waals surface area contributed by atoms with E-state index < -0.39 is 35.5 Å². The van der Waals surface area contributed by atoms with Crippen LogP contribution in [0.3, 0.4) is 0 Å². The predicted molar refractivity (Wildman–Crippen MR) is 113 cm³/mol. The second-order valence-corrected chi connectivity index (χ2v) is 8.64. The van der Waals surface area contributed by atoms with Gasteiger partial charge in [-0.25, -0.2) is 9.79 Å². The van der Waals surface area contributed by atoms with Crippen LogP contribution in [0.5, 0.6) is 0 Å². The SMILES string of the molecule is CN1C(=O)C2C(SCC(=O)Nc3cccc(C(F)(F)F)c3)=NC(C3CC3)=NC2=[N+](C)C1=O. The number of nitrogens with one attached hydrogen (secondary N) is 1. The Morgan fingerprint density at radius 2 is 2.00 bits per heavy atom. The van der Waals surface area contributed by atoms with Crippen LogP contribution in [0.1, 0.15) is 18.4 Å². The summed E-state index contributed by atoms with van der Waals surface area (Å²) in [7, 11) is 2.89. The fourth-order valence-corrected chi connectivity index (χ4v) is 4.22. The van der Waals surface area contributed by atoms with Gasteiger partial charge in [0, 0.05) is 11.6 Å². The number of carbonyl (C=O) groups is 3. The van der Waals surface area contributed by atoms with E-state index in [0.29, 0.717) is 10.9 Å². The van der Waals surface area contributed by atoms with Crippen molar-refractivity contribution in [2.75, 3.05) is 25.2 Å². The molecule has 4 amide bonds. The number of amides is 4. The summed E-state index contributed by atoms with van der Waals surface area (Å²) in [6.07, 6.45) is -2.71. The monoisotopic (exact) mass is 466 g/mol. The average Bonchev–Trinajstić information content (AvgIpc) is 3.59. The van der Waals surface area contributed by atoms with Crippen LogP contribution in [-0.4, -0.2) is 63.9 Å². The number of alkyl halides is 3. The summed E-state index contributed by atoms with van der Waals surface area (Å²) in [4.78, 5) is 47.4. The van der Waals surface area contributed by atoms with E-state index in [1.54, 1.807) is 0 Å². The molecule has 168 valence electrons. The van der Waals surface area contributed by atoms with Gasteiger partial charge >= 0.3 is 18.1 Å². The minimum absolute atomic E-state index is 0.0160. The summed E-state index contributed by atoms with van der Waals surface area (Å²) in [6, 6.07) is 3.83. The third kappa shape index (κ3) is 4.31. The molecule has 2 heterocycles. The summed E-state index contributed by atoms with van der Waals surface area (Å²) in [5.74, 6) is -1.18. The molecule has 0 bridgehead atoms. The number of rotatable bonds is 4. The van der Waals surface area contributed by atoms with Crippen molar-refractivity contribution in [3.8, 4) is 0 Å². The van der Waals surface area contributed by atoms with Crippen molar-refractivity contribution in [1.82, 2.24) is 4.90 Å². The number of thioether (sulfide) groups is 1. The third-order valence-electron chi connectivity index (χ3n) is 5.22. The number of nitrogens with zero attached hydrogens (tertiary/aromatic N) is 4. The van der Waals surface area contributed by atoms with Gasteiger partial charge in [-0.15, -0.1) is 0 Å². The molecule has 1 aliphatic carbocycles. The highest BCUT2D eigenvalue weighted by molar-refractivity contribution is 8.14. The Bertz CT molecular complexity index is 1110. The zero-order valence-corrected chi connectivity index (χ0v) is 18.0. The maximum Gasteiger partial charge on any atom is 0.445 e. The number of halogens is 3. The molecule has 1 atom stereocenters. The van der Waals surface area contributed by atoms with Crippen LogP contribution < -0.4 is 5.32 Å². The topological polar surface area (TPSA) is 94.2 Å². The number of benzene rings is 1. The predicted octanol–water partition coefficient (Wildman–Crippen LogP) is 2.85. The Morgan fingerprint density at radius 3 is 2.66 bits per heavy atom. The summed E-state index contributed by atoms with van der Waals surface area (Å²) in [6.45, 7) is 0. The van der Waals surface area contributed by atoms with E-state index in [-0.39, 0.29) is 23.2 Å². The first kappa shape index (κ1) is 22.2. The molecule has 12 heteroatoms. The zero-order valence-electron chi connectivity index (χ0n) is 17.1.